The number of hydrazone groups is 1. The molecule has 3 rings (SSSR count). The molecule has 0 radical (unpaired) electrons. The second-order valence-corrected chi connectivity index (χ2v) is 6.75. The van der Waals surface area contributed by atoms with Crippen molar-refractivity contribution in [3.05, 3.63) is 59.7 Å². The molecule has 0 atom stereocenters. The van der Waals surface area contributed by atoms with E-state index in [1.165, 1.54) is 17.3 Å². The lowest BCUT2D eigenvalue weighted by Crippen LogP contribution is -2.20. The first-order valence-electron chi connectivity index (χ1n) is 8.70. The average molecular weight is 366 g/mol. The maximum absolute atomic E-state index is 12.0. The van der Waals surface area contributed by atoms with Crippen LogP contribution in [0.25, 0.3) is 11.0 Å². The van der Waals surface area contributed by atoms with Gasteiger partial charge in [0, 0.05) is 6.54 Å². The largest absolute Gasteiger partial charge is 0.319 e. The van der Waals surface area contributed by atoms with Gasteiger partial charge in [0.05, 0.1) is 23.0 Å². The van der Waals surface area contributed by atoms with E-state index in [9.17, 15) is 4.79 Å². The van der Waals surface area contributed by atoms with Crippen LogP contribution in [-0.2, 0) is 17.8 Å². The fourth-order valence-electron chi connectivity index (χ4n) is 2.65. The first-order chi connectivity index (χ1) is 12.7. The smallest absolute Gasteiger partial charge is 0.250 e. The lowest BCUT2D eigenvalue weighted by atomic mass is 10.1. The molecule has 5 nitrogen and oxygen atoms in total. The minimum atomic E-state index is -0.147. The summed E-state index contributed by atoms with van der Waals surface area (Å²) in [6.45, 7) is 5.01. The number of benzene rings is 2. The molecule has 134 valence electrons. The van der Waals surface area contributed by atoms with Gasteiger partial charge in [0.2, 0.25) is 0 Å². The van der Waals surface area contributed by atoms with E-state index < -0.39 is 0 Å². The zero-order chi connectivity index (χ0) is 18.4. The molecule has 0 aliphatic rings. The van der Waals surface area contributed by atoms with Gasteiger partial charge in [-0.05, 0) is 36.6 Å². The lowest BCUT2D eigenvalue weighted by Gasteiger charge is -2.04. The predicted octanol–water partition coefficient (Wildman–Crippen LogP) is 3.86. The summed E-state index contributed by atoms with van der Waals surface area (Å²) in [5.74, 6) is 0.126. The predicted molar refractivity (Wildman–Crippen MR) is 108 cm³/mol. The normalized spacial score (nSPS) is 11.3. The van der Waals surface area contributed by atoms with E-state index in [1.807, 2.05) is 36.4 Å². The van der Waals surface area contributed by atoms with Crippen molar-refractivity contribution in [3.63, 3.8) is 0 Å². The van der Waals surface area contributed by atoms with Crippen molar-refractivity contribution >= 4 is 34.9 Å². The highest BCUT2D eigenvalue weighted by atomic mass is 32.2. The Balaban J connectivity index is 1.56. The van der Waals surface area contributed by atoms with Crippen molar-refractivity contribution in [2.45, 2.75) is 32.0 Å². The third kappa shape index (κ3) is 4.32. The third-order valence-electron chi connectivity index (χ3n) is 4.06. The Morgan fingerprint density at radius 1 is 1.19 bits per heavy atom. The number of hydrogen-bond donors (Lipinski definition) is 1. The molecule has 0 aliphatic carbocycles. The van der Waals surface area contributed by atoms with Crippen LogP contribution in [0.5, 0.6) is 0 Å². The molecular weight excluding hydrogens is 344 g/mol. The Morgan fingerprint density at radius 2 is 1.96 bits per heavy atom. The molecule has 0 unspecified atom stereocenters. The number of aromatic nitrogens is 2. The third-order valence-corrected chi connectivity index (χ3v) is 5.04. The van der Waals surface area contributed by atoms with E-state index in [0.717, 1.165) is 34.7 Å². The zero-order valence-electron chi connectivity index (χ0n) is 15.0. The summed E-state index contributed by atoms with van der Waals surface area (Å²) < 4.78 is 2.12. The number of carbonyl (C=O) groups excluding carboxylic acids is 1. The number of thioether (sulfide) groups is 1. The van der Waals surface area contributed by atoms with Gasteiger partial charge >= 0.3 is 0 Å². The van der Waals surface area contributed by atoms with Gasteiger partial charge < -0.3 is 4.57 Å². The molecule has 0 bridgehead atoms. The fraction of sp³-hybridized carbons (Fsp3) is 0.250. The Bertz CT molecular complexity index is 915. The topological polar surface area (TPSA) is 59.3 Å². The molecular formula is C20H22N4OS. The molecule has 2 aromatic carbocycles. The summed E-state index contributed by atoms with van der Waals surface area (Å²) in [5, 5.41) is 4.88. The minimum absolute atomic E-state index is 0.147. The number of hydrogen-bond acceptors (Lipinski definition) is 4. The van der Waals surface area contributed by atoms with Crippen molar-refractivity contribution in [3.8, 4) is 0 Å². The molecule has 0 spiro atoms. The highest BCUT2D eigenvalue weighted by Crippen LogP contribution is 2.23. The van der Waals surface area contributed by atoms with Gasteiger partial charge in [-0.25, -0.2) is 10.4 Å². The van der Waals surface area contributed by atoms with Gasteiger partial charge in [-0.2, -0.15) is 5.10 Å². The van der Waals surface area contributed by atoms with Crippen LogP contribution in [0, 0.1) is 0 Å². The Kier molecular flexibility index (Phi) is 6.07. The van der Waals surface area contributed by atoms with Gasteiger partial charge in [0.1, 0.15) is 0 Å². The monoisotopic (exact) mass is 366 g/mol. The van der Waals surface area contributed by atoms with E-state index in [0.29, 0.717) is 0 Å². The van der Waals surface area contributed by atoms with E-state index in [4.69, 9.17) is 0 Å². The Hall–Kier alpha value is -2.60. The number of rotatable bonds is 7. The number of para-hydroxylation sites is 2. The second-order valence-electron chi connectivity index (χ2n) is 5.80. The SMILES string of the molecule is CCc1ccc(C=NNC(=O)CSc2nc3ccccc3n2CC)cc1. The van der Waals surface area contributed by atoms with Crippen molar-refractivity contribution in [2.24, 2.45) is 5.10 Å². The summed E-state index contributed by atoms with van der Waals surface area (Å²) in [5.41, 5.74) is 6.85. The summed E-state index contributed by atoms with van der Waals surface area (Å²) in [7, 11) is 0. The van der Waals surface area contributed by atoms with Crippen molar-refractivity contribution in [1.82, 2.24) is 15.0 Å². The fourth-order valence-corrected chi connectivity index (χ4v) is 3.52. The van der Waals surface area contributed by atoms with Crippen molar-refractivity contribution in [1.29, 1.82) is 0 Å². The van der Waals surface area contributed by atoms with E-state index >= 15 is 0 Å². The second kappa shape index (κ2) is 8.67. The first kappa shape index (κ1) is 18.2. The summed E-state index contributed by atoms with van der Waals surface area (Å²) in [6.07, 6.45) is 2.66. The number of carbonyl (C=O) groups is 1. The van der Waals surface area contributed by atoms with Crippen LogP contribution in [0.3, 0.4) is 0 Å². The number of nitrogens with one attached hydrogen (secondary N) is 1. The van der Waals surface area contributed by atoms with E-state index in [1.54, 1.807) is 6.21 Å². The van der Waals surface area contributed by atoms with Crippen molar-refractivity contribution in [2.75, 3.05) is 5.75 Å². The number of amides is 1. The Morgan fingerprint density at radius 3 is 2.69 bits per heavy atom. The number of fused-ring (bicyclic) bond motifs is 1. The van der Waals surface area contributed by atoms with Gasteiger partial charge in [0.25, 0.3) is 5.91 Å². The van der Waals surface area contributed by atoms with Gasteiger partial charge in [-0.15, -0.1) is 0 Å². The minimum Gasteiger partial charge on any atom is -0.319 e. The first-order valence-corrected chi connectivity index (χ1v) is 9.68. The standard InChI is InChI=1S/C20H22N4OS/c1-3-15-9-11-16(12-10-15)13-21-23-19(25)14-26-20-22-17-7-5-6-8-18(17)24(20)4-2/h5-13H,3-4,14H2,1-2H3,(H,23,25). The van der Waals surface area contributed by atoms with Crippen LogP contribution >= 0.6 is 11.8 Å². The molecule has 0 saturated carbocycles. The lowest BCUT2D eigenvalue weighted by molar-refractivity contribution is -0.118. The molecule has 0 fully saturated rings. The molecule has 0 saturated heterocycles. The summed E-state index contributed by atoms with van der Waals surface area (Å²) >= 11 is 1.42. The van der Waals surface area contributed by atoms with Gasteiger partial charge in [-0.1, -0.05) is 55.1 Å². The quantitative estimate of drug-likeness (QED) is 0.392. The molecule has 3 aromatic rings. The number of aryl methyl sites for hydroxylation is 2. The molecule has 1 N–H and O–H groups in total. The highest BCUT2D eigenvalue weighted by Gasteiger charge is 2.11. The van der Waals surface area contributed by atoms with Crippen molar-refractivity contribution < 1.29 is 4.79 Å². The van der Waals surface area contributed by atoms with Gasteiger partial charge in [0.15, 0.2) is 5.16 Å². The van der Waals surface area contributed by atoms with Gasteiger partial charge in [-0.3, -0.25) is 4.79 Å². The number of nitrogens with zero attached hydrogens (tertiary/aromatic N) is 3. The molecule has 1 heterocycles. The van der Waals surface area contributed by atoms with Crippen LogP contribution in [0.2, 0.25) is 0 Å². The summed E-state index contributed by atoms with van der Waals surface area (Å²) in [6, 6.07) is 16.1. The molecule has 1 aromatic heterocycles. The molecule has 1 amide bonds. The average Bonchev–Trinajstić information content (AvgIpc) is 3.04. The van der Waals surface area contributed by atoms with Crippen LogP contribution in [0.1, 0.15) is 25.0 Å². The zero-order valence-corrected chi connectivity index (χ0v) is 15.8. The van der Waals surface area contributed by atoms with E-state index in [-0.39, 0.29) is 11.7 Å². The molecule has 0 aliphatic heterocycles. The molecule has 6 heteroatoms. The van der Waals surface area contributed by atoms with Crippen LogP contribution in [0.4, 0.5) is 0 Å². The number of imidazole rings is 1. The maximum Gasteiger partial charge on any atom is 0.250 e. The Labute approximate surface area is 157 Å². The van der Waals surface area contributed by atoms with Crippen LogP contribution in [-0.4, -0.2) is 27.4 Å². The van der Waals surface area contributed by atoms with Crippen LogP contribution < -0.4 is 5.43 Å². The maximum atomic E-state index is 12.0. The molecule has 26 heavy (non-hydrogen) atoms. The van der Waals surface area contributed by atoms with Crippen LogP contribution in [0.15, 0.2) is 58.8 Å². The highest BCUT2D eigenvalue weighted by molar-refractivity contribution is 7.99. The summed E-state index contributed by atoms with van der Waals surface area (Å²) in [4.78, 5) is 16.6. The van der Waals surface area contributed by atoms with E-state index in [2.05, 4.69) is 46.1 Å².